The van der Waals surface area contributed by atoms with E-state index in [9.17, 15) is 4.79 Å². The molecule has 26 heavy (non-hydrogen) atoms. The molecule has 3 aromatic carbocycles. The van der Waals surface area contributed by atoms with Crippen molar-refractivity contribution in [2.24, 2.45) is 0 Å². The van der Waals surface area contributed by atoms with E-state index in [4.69, 9.17) is 0 Å². The number of hydrogen-bond acceptors (Lipinski definition) is 1. The fourth-order valence-corrected chi connectivity index (χ4v) is 3.86. The molecule has 0 fully saturated rings. The monoisotopic (exact) mass is 403 g/mol. The number of hydrogen-bond donors (Lipinski definition) is 1. The van der Waals surface area contributed by atoms with Crippen molar-refractivity contribution in [3.63, 3.8) is 0 Å². The Morgan fingerprint density at radius 2 is 1.69 bits per heavy atom. The lowest BCUT2D eigenvalue weighted by molar-refractivity contribution is 0.0978. The molecule has 1 unspecified atom stereocenters. The fourth-order valence-electron chi connectivity index (χ4n) is 3.44. The molecule has 0 bridgehead atoms. The zero-order valence-corrected chi connectivity index (χ0v) is 15.7. The number of nitrogens with one attached hydrogen (secondary N) is 1. The largest absolute Gasteiger partial charge is 0.361 e. The first kappa shape index (κ1) is 16.8. The standard InChI is InChI=1S/C23H18BrNO/c24-18-10-6-9-17(13-18)20(14-23(26)16-7-2-1-3-8-16)21-15-25-22-12-5-4-11-19(21)22/h1-13,15,20,25H,14H2. The van der Waals surface area contributed by atoms with Crippen LogP contribution in [0.25, 0.3) is 10.9 Å². The first-order valence-corrected chi connectivity index (χ1v) is 9.41. The smallest absolute Gasteiger partial charge is 0.163 e. The summed E-state index contributed by atoms with van der Waals surface area (Å²) in [5, 5.41) is 1.17. The molecule has 1 heterocycles. The van der Waals surface area contributed by atoms with E-state index in [1.807, 2.05) is 60.8 Å². The topological polar surface area (TPSA) is 32.9 Å². The summed E-state index contributed by atoms with van der Waals surface area (Å²) in [7, 11) is 0. The van der Waals surface area contributed by atoms with Crippen molar-refractivity contribution < 1.29 is 4.79 Å². The minimum atomic E-state index is -0.00337. The normalized spacial score (nSPS) is 12.2. The first-order valence-electron chi connectivity index (χ1n) is 8.62. The van der Waals surface area contributed by atoms with Gasteiger partial charge in [-0.25, -0.2) is 0 Å². The maximum atomic E-state index is 12.9. The number of aromatic nitrogens is 1. The van der Waals surface area contributed by atoms with Crippen molar-refractivity contribution in [1.82, 2.24) is 4.98 Å². The average Bonchev–Trinajstić information content (AvgIpc) is 3.10. The van der Waals surface area contributed by atoms with Crippen molar-refractivity contribution in [2.45, 2.75) is 12.3 Å². The second-order valence-electron chi connectivity index (χ2n) is 6.39. The lowest BCUT2D eigenvalue weighted by atomic mass is 9.85. The molecule has 0 amide bonds. The van der Waals surface area contributed by atoms with E-state index in [-0.39, 0.29) is 11.7 Å². The third kappa shape index (κ3) is 3.35. The number of para-hydroxylation sites is 1. The van der Waals surface area contributed by atoms with Gasteiger partial charge >= 0.3 is 0 Å². The molecule has 0 spiro atoms. The van der Waals surface area contributed by atoms with E-state index in [0.717, 1.165) is 26.7 Å². The molecule has 0 saturated carbocycles. The molecule has 4 rings (SSSR count). The second kappa shape index (κ2) is 7.30. The van der Waals surface area contributed by atoms with E-state index in [1.165, 1.54) is 5.39 Å². The van der Waals surface area contributed by atoms with Gasteiger partial charge in [0.05, 0.1) is 0 Å². The van der Waals surface area contributed by atoms with Crippen LogP contribution in [0.1, 0.15) is 33.8 Å². The fraction of sp³-hybridized carbons (Fsp3) is 0.0870. The molecular weight excluding hydrogens is 386 g/mol. The van der Waals surface area contributed by atoms with Gasteiger partial charge in [0, 0.05) is 39.5 Å². The van der Waals surface area contributed by atoms with Crippen molar-refractivity contribution in [3.8, 4) is 0 Å². The summed E-state index contributed by atoms with van der Waals surface area (Å²) < 4.78 is 1.02. The van der Waals surface area contributed by atoms with Crippen LogP contribution in [-0.4, -0.2) is 10.8 Å². The molecule has 1 aromatic heterocycles. The number of benzene rings is 3. The molecule has 0 aliphatic carbocycles. The van der Waals surface area contributed by atoms with Crippen molar-refractivity contribution >= 4 is 32.6 Å². The van der Waals surface area contributed by atoms with Crippen LogP contribution in [0.3, 0.4) is 0 Å². The number of halogens is 1. The Balaban J connectivity index is 1.78. The third-order valence-corrected chi connectivity index (χ3v) is 5.23. The van der Waals surface area contributed by atoms with Crippen LogP contribution >= 0.6 is 15.9 Å². The van der Waals surface area contributed by atoms with Gasteiger partial charge in [-0.2, -0.15) is 0 Å². The van der Waals surface area contributed by atoms with Gasteiger partial charge in [-0.3, -0.25) is 4.79 Å². The van der Waals surface area contributed by atoms with Crippen LogP contribution < -0.4 is 0 Å². The van der Waals surface area contributed by atoms with Gasteiger partial charge in [-0.15, -0.1) is 0 Å². The highest BCUT2D eigenvalue weighted by molar-refractivity contribution is 9.10. The van der Waals surface area contributed by atoms with Crippen LogP contribution in [-0.2, 0) is 0 Å². The Morgan fingerprint density at radius 3 is 2.50 bits per heavy atom. The minimum absolute atomic E-state index is 0.00337. The maximum Gasteiger partial charge on any atom is 0.163 e. The molecule has 1 N–H and O–H groups in total. The van der Waals surface area contributed by atoms with Crippen LogP contribution in [0.4, 0.5) is 0 Å². The molecule has 128 valence electrons. The second-order valence-corrected chi connectivity index (χ2v) is 7.31. The van der Waals surface area contributed by atoms with Crippen LogP contribution in [0.15, 0.2) is 89.5 Å². The summed E-state index contributed by atoms with van der Waals surface area (Å²) in [6.07, 6.45) is 2.47. The molecule has 4 aromatic rings. The van der Waals surface area contributed by atoms with Gasteiger partial charge < -0.3 is 4.98 Å². The zero-order valence-electron chi connectivity index (χ0n) is 14.2. The Bertz CT molecular complexity index is 1050. The van der Waals surface area contributed by atoms with Crippen LogP contribution in [0.5, 0.6) is 0 Å². The van der Waals surface area contributed by atoms with E-state index in [2.05, 4.69) is 45.2 Å². The van der Waals surface area contributed by atoms with Gasteiger partial charge in [0.2, 0.25) is 0 Å². The molecule has 0 aliphatic rings. The molecule has 2 nitrogen and oxygen atoms in total. The summed E-state index contributed by atoms with van der Waals surface area (Å²) in [6.45, 7) is 0. The van der Waals surface area contributed by atoms with E-state index >= 15 is 0 Å². The quantitative estimate of drug-likeness (QED) is 0.387. The number of rotatable bonds is 5. The summed E-state index contributed by atoms with van der Waals surface area (Å²) in [4.78, 5) is 16.3. The SMILES string of the molecule is O=C(CC(c1cccc(Br)c1)c1c[nH]c2ccccc12)c1ccccc1. The molecule has 1 atom stereocenters. The van der Waals surface area contributed by atoms with Crippen molar-refractivity contribution in [3.05, 3.63) is 106 Å². The van der Waals surface area contributed by atoms with Gasteiger partial charge in [0.25, 0.3) is 0 Å². The highest BCUT2D eigenvalue weighted by atomic mass is 79.9. The van der Waals surface area contributed by atoms with Crippen molar-refractivity contribution in [2.75, 3.05) is 0 Å². The highest BCUT2D eigenvalue weighted by Crippen LogP contribution is 2.35. The van der Waals surface area contributed by atoms with E-state index in [0.29, 0.717) is 6.42 Å². The summed E-state index contributed by atoms with van der Waals surface area (Å²) in [6, 6.07) is 26.0. The number of H-pyrrole nitrogens is 1. The number of ketones is 1. The molecule has 0 radical (unpaired) electrons. The Kier molecular flexibility index (Phi) is 4.72. The average molecular weight is 404 g/mol. The minimum Gasteiger partial charge on any atom is -0.361 e. The summed E-state index contributed by atoms with van der Waals surface area (Å²) >= 11 is 3.56. The Morgan fingerprint density at radius 1 is 0.923 bits per heavy atom. The number of carbonyl (C=O) groups is 1. The van der Waals surface area contributed by atoms with E-state index in [1.54, 1.807) is 0 Å². The number of aromatic amines is 1. The Hall–Kier alpha value is -2.65. The summed E-state index contributed by atoms with van der Waals surface area (Å²) in [5.41, 5.74) is 4.14. The van der Waals surface area contributed by atoms with Gasteiger partial charge in [-0.1, -0.05) is 76.6 Å². The predicted octanol–water partition coefficient (Wildman–Crippen LogP) is 6.34. The van der Waals surface area contributed by atoms with Crippen LogP contribution in [0.2, 0.25) is 0 Å². The lowest BCUT2D eigenvalue weighted by Gasteiger charge is -2.17. The highest BCUT2D eigenvalue weighted by Gasteiger charge is 2.22. The summed E-state index contributed by atoms with van der Waals surface area (Å²) in [5.74, 6) is 0.150. The van der Waals surface area contributed by atoms with Crippen molar-refractivity contribution in [1.29, 1.82) is 0 Å². The lowest BCUT2D eigenvalue weighted by Crippen LogP contribution is -2.09. The van der Waals surface area contributed by atoms with Gasteiger partial charge in [0.15, 0.2) is 5.78 Å². The van der Waals surface area contributed by atoms with E-state index < -0.39 is 0 Å². The first-order chi connectivity index (χ1) is 12.7. The van der Waals surface area contributed by atoms with Crippen LogP contribution in [0, 0.1) is 0 Å². The maximum absolute atomic E-state index is 12.9. The van der Waals surface area contributed by atoms with Gasteiger partial charge in [-0.05, 0) is 29.3 Å². The predicted molar refractivity (Wildman–Crippen MR) is 110 cm³/mol. The zero-order chi connectivity index (χ0) is 17.9. The molecule has 0 saturated heterocycles. The third-order valence-electron chi connectivity index (χ3n) is 4.73. The number of carbonyl (C=O) groups excluding carboxylic acids is 1. The number of fused-ring (bicyclic) bond motifs is 1. The number of Topliss-reactive ketones (excluding diaryl/α,β-unsaturated/α-hetero) is 1. The van der Waals surface area contributed by atoms with Gasteiger partial charge in [0.1, 0.15) is 0 Å². The molecular formula is C23H18BrNO. The molecule has 0 aliphatic heterocycles. The Labute approximate surface area is 161 Å². The molecule has 3 heteroatoms.